The third-order valence-electron chi connectivity index (χ3n) is 4.02. The van der Waals surface area contributed by atoms with E-state index in [1.165, 1.54) is 0 Å². The fraction of sp³-hybridized carbons (Fsp3) is 0.273. The van der Waals surface area contributed by atoms with Crippen molar-refractivity contribution >= 4 is 5.91 Å². The van der Waals surface area contributed by atoms with Gasteiger partial charge < -0.3 is 14.8 Å². The van der Waals surface area contributed by atoms with Crippen LogP contribution in [-0.2, 0) is 11.2 Å². The summed E-state index contributed by atoms with van der Waals surface area (Å²) in [4.78, 5) is 12.2. The van der Waals surface area contributed by atoms with Gasteiger partial charge in [-0.3, -0.25) is 4.79 Å². The van der Waals surface area contributed by atoms with Gasteiger partial charge in [0.15, 0.2) is 11.5 Å². The van der Waals surface area contributed by atoms with E-state index >= 15 is 0 Å². The van der Waals surface area contributed by atoms with Crippen molar-refractivity contribution in [3.63, 3.8) is 0 Å². The largest absolute Gasteiger partial charge is 0.493 e. The predicted octanol–water partition coefficient (Wildman–Crippen LogP) is 3.33. The summed E-state index contributed by atoms with van der Waals surface area (Å²) in [5.74, 6) is 3.35. The molecule has 0 aliphatic heterocycles. The van der Waals surface area contributed by atoms with E-state index < -0.39 is 6.04 Å². The summed E-state index contributed by atoms with van der Waals surface area (Å²) >= 11 is 0. The first-order valence-electron chi connectivity index (χ1n) is 8.56. The van der Waals surface area contributed by atoms with Gasteiger partial charge in [-0.05, 0) is 36.6 Å². The summed E-state index contributed by atoms with van der Waals surface area (Å²) in [5, 5.41) is 12.1. The van der Waals surface area contributed by atoms with E-state index in [0.29, 0.717) is 17.9 Å². The average Bonchev–Trinajstić information content (AvgIpc) is 2.69. The van der Waals surface area contributed by atoms with Gasteiger partial charge in [0.2, 0.25) is 5.91 Å². The molecule has 0 aromatic heterocycles. The Morgan fingerprint density at radius 3 is 2.59 bits per heavy atom. The molecular weight excluding hydrogens is 340 g/mol. The zero-order valence-corrected chi connectivity index (χ0v) is 15.5. The van der Waals surface area contributed by atoms with Crippen molar-refractivity contribution in [1.29, 1.82) is 5.26 Å². The summed E-state index contributed by atoms with van der Waals surface area (Å²) in [7, 11) is 1.55. The molecular formula is C22H22N2O3. The molecule has 1 N–H and O–H groups in total. The molecule has 0 fully saturated rings. The molecule has 138 valence electrons. The van der Waals surface area contributed by atoms with Crippen molar-refractivity contribution in [1.82, 2.24) is 5.32 Å². The van der Waals surface area contributed by atoms with Crippen molar-refractivity contribution in [2.24, 2.45) is 0 Å². The molecule has 0 spiro atoms. The fourth-order valence-electron chi connectivity index (χ4n) is 2.55. The quantitative estimate of drug-likeness (QED) is 0.731. The topological polar surface area (TPSA) is 71.3 Å². The number of aryl methyl sites for hydroxylation is 2. The van der Waals surface area contributed by atoms with Gasteiger partial charge in [0.25, 0.3) is 0 Å². The Morgan fingerprint density at radius 2 is 1.96 bits per heavy atom. The zero-order chi connectivity index (χ0) is 19.6. The molecule has 1 amide bonds. The molecule has 0 radical (unpaired) electrons. The van der Waals surface area contributed by atoms with Crippen LogP contribution in [0.5, 0.6) is 11.5 Å². The van der Waals surface area contributed by atoms with Gasteiger partial charge in [-0.1, -0.05) is 41.8 Å². The van der Waals surface area contributed by atoms with E-state index in [1.807, 2.05) is 43.3 Å². The summed E-state index contributed by atoms with van der Waals surface area (Å²) in [6, 6.07) is 14.5. The average molecular weight is 362 g/mol. The highest BCUT2D eigenvalue weighted by atomic mass is 16.5. The molecule has 5 nitrogen and oxygen atoms in total. The summed E-state index contributed by atoms with van der Waals surface area (Å²) < 4.78 is 10.7. The van der Waals surface area contributed by atoms with Gasteiger partial charge in [-0.2, -0.15) is 5.26 Å². The SMILES string of the molecule is C#CCOc1ccc(CCC(=O)NC(C#N)c2ccc(C)cc2)cc1OC. The van der Waals surface area contributed by atoms with Crippen LogP contribution < -0.4 is 14.8 Å². The van der Waals surface area contributed by atoms with Crippen molar-refractivity contribution in [3.8, 4) is 29.9 Å². The number of carbonyl (C=O) groups is 1. The number of terminal acetylenes is 1. The fourth-order valence-corrected chi connectivity index (χ4v) is 2.55. The molecule has 0 heterocycles. The van der Waals surface area contributed by atoms with Crippen LogP contribution in [0.2, 0.25) is 0 Å². The van der Waals surface area contributed by atoms with E-state index in [0.717, 1.165) is 16.7 Å². The number of nitrogens with zero attached hydrogens (tertiary/aromatic N) is 1. The van der Waals surface area contributed by atoms with Gasteiger partial charge in [-0.25, -0.2) is 0 Å². The molecule has 0 bridgehead atoms. The van der Waals surface area contributed by atoms with E-state index in [-0.39, 0.29) is 18.9 Å². The van der Waals surface area contributed by atoms with Crippen molar-refractivity contribution in [2.45, 2.75) is 25.8 Å². The molecule has 1 unspecified atom stereocenters. The van der Waals surface area contributed by atoms with Crippen LogP contribution in [0.15, 0.2) is 42.5 Å². The molecule has 0 aliphatic carbocycles. The Balaban J connectivity index is 1.95. The predicted molar refractivity (Wildman–Crippen MR) is 103 cm³/mol. The van der Waals surface area contributed by atoms with Crippen LogP contribution in [0.4, 0.5) is 0 Å². The van der Waals surface area contributed by atoms with Gasteiger partial charge in [0.1, 0.15) is 12.6 Å². The van der Waals surface area contributed by atoms with Gasteiger partial charge in [-0.15, -0.1) is 6.42 Å². The number of methoxy groups -OCH3 is 1. The lowest BCUT2D eigenvalue weighted by molar-refractivity contribution is -0.121. The Morgan fingerprint density at radius 1 is 1.22 bits per heavy atom. The van der Waals surface area contributed by atoms with Crippen LogP contribution in [0.25, 0.3) is 0 Å². The summed E-state index contributed by atoms with van der Waals surface area (Å²) in [6.07, 6.45) is 5.98. The number of rotatable bonds is 8. The highest BCUT2D eigenvalue weighted by molar-refractivity contribution is 5.77. The maximum Gasteiger partial charge on any atom is 0.221 e. The molecule has 2 aromatic rings. The lowest BCUT2D eigenvalue weighted by Crippen LogP contribution is -2.27. The Kier molecular flexibility index (Phi) is 7.28. The Hall–Kier alpha value is -3.44. The third-order valence-corrected chi connectivity index (χ3v) is 4.02. The minimum absolute atomic E-state index is 0.159. The number of nitriles is 1. The van der Waals surface area contributed by atoms with E-state index in [9.17, 15) is 10.1 Å². The van der Waals surface area contributed by atoms with Crippen LogP contribution in [0.3, 0.4) is 0 Å². The first kappa shape index (κ1) is 19.9. The van der Waals surface area contributed by atoms with Crippen molar-refractivity contribution < 1.29 is 14.3 Å². The second-order valence-corrected chi connectivity index (χ2v) is 6.02. The standard InChI is InChI=1S/C22H22N2O3/c1-4-13-27-20-11-7-17(14-21(20)26-3)8-12-22(25)24-19(15-23)18-9-5-16(2)6-10-18/h1,5-7,9-11,14,19H,8,12-13H2,2-3H3,(H,24,25). The highest BCUT2D eigenvalue weighted by Gasteiger charge is 2.14. The zero-order valence-electron chi connectivity index (χ0n) is 15.5. The van der Waals surface area contributed by atoms with Crippen LogP contribution >= 0.6 is 0 Å². The maximum atomic E-state index is 12.2. The number of carbonyl (C=O) groups excluding carboxylic acids is 1. The molecule has 1 atom stereocenters. The first-order chi connectivity index (χ1) is 13.1. The highest BCUT2D eigenvalue weighted by Crippen LogP contribution is 2.28. The molecule has 5 heteroatoms. The number of nitrogens with one attached hydrogen (secondary N) is 1. The van der Waals surface area contributed by atoms with Crippen LogP contribution in [0.1, 0.15) is 29.2 Å². The molecule has 0 aliphatic rings. The van der Waals surface area contributed by atoms with Crippen molar-refractivity contribution in [2.75, 3.05) is 13.7 Å². The Bertz CT molecular complexity index is 861. The minimum atomic E-state index is -0.660. The molecule has 27 heavy (non-hydrogen) atoms. The number of ether oxygens (including phenoxy) is 2. The normalized spacial score (nSPS) is 11.0. The minimum Gasteiger partial charge on any atom is -0.493 e. The number of hydrogen-bond acceptors (Lipinski definition) is 4. The van der Waals surface area contributed by atoms with E-state index in [1.54, 1.807) is 13.2 Å². The number of benzene rings is 2. The first-order valence-corrected chi connectivity index (χ1v) is 8.56. The van der Waals surface area contributed by atoms with Crippen LogP contribution in [0, 0.1) is 30.6 Å². The lowest BCUT2D eigenvalue weighted by Gasteiger charge is -2.13. The number of amides is 1. The molecule has 0 saturated heterocycles. The van der Waals surface area contributed by atoms with E-state index in [4.69, 9.17) is 15.9 Å². The maximum absolute atomic E-state index is 12.2. The monoisotopic (exact) mass is 362 g/mol. The lowest BCUT2D eigenvalue weighted by atomic mass is 10.1. The number of hydrogen-bond donors (Lipinski definition) is 1. The third kappa shape index (κ3) is 5.80. The second kappa shape index (κ2) is 9.89. The smallest absolute Gasteiger partial charge is 0.221 e. The summed E-state index contributed by atoms with van der Waals surface area (Å²) in [5.41, 5.74) is 2.80. The second-order valence-electron chi connectivity index (χ2n) is 6.02. The van der Waals surface area contributed by atoms with E-state index in [2.05, 4.69) is 17.3 Å². The van der Waals surface area contributed by atoms with Gasteiger partial charge in [0.05, 0.1) is 13.2 Å². The summed E-state index contributed by atoms with van der Waals surface area (Å²) in [6.45, 7) is 2.13. The molecule has 2 aromatic carbocycles. The van der Waals surface area contributed by atoms with Gasteiger partial charge in [0, 0.05) is 6.42 Å². The Labute approximate surface area is 159 Å². The van der Waals surface area contributed by atoms with Crippen molar-refractivity contribution in [3.05, 3.63) is 59.2 Å². The molecule has 0 saturated carbocycles. The van der Waals surface area contributed by atoms with Gasteiger partial charge >= 0.3 is 0 Å². The van der Waals surface area contributed by atoms with Crippen LogP contribution in [-0.4, -0.2) is 19.6 Å². The molecule has 2 rings (SSSR count).